The summed E-state index contributed by atoms with van der Waals surface area (Å²) in [5, 5.41) is 37.4. The Labute approximate surface area is 368 Å². The van der Waals surface area contributed by atoms with Crippen molar-refractivity contribution < 1.29 is 67.9 Å². The minimum atomic E-state index is -1.18. The van der Waals surface area contributed by atoms with Gasteiger partial charge in [-0.25, -0.2) is 4.79 Å². The van der Waals surface area contributed by atoms with Crippen molar-refractivity contribution in [2.75, 3.05) is 72.5 Å². The van der Waals surface area contributed by atoms with E-state index in [2.05, 4.69) is 21.3 Å². The largest absolute Gasteiger partial charge is 0.481 e. The number of carboxylic acid groups (broad SMARTS) is 2. The summed E-state index contributed by atoms with van der Waals surface area (Å²) in [7, 11) is 0. The fourth-order valence-corrected chi connectivity index (χ4v) is 6.20. The van der Waals surface area contributed by atoms with Crippen LogP contribution < -0.4 is 26.7 Å². The third kappa shape index (κ3) is 41.6. The number of hydrogen-bond donors (Lipinski definition) is 8. The fourth-order valence-electron chi connectivity index (χ4n) is 6.20. The molecule has 0 heterocycles. The molecule has 0 aromatic carbocycles. The highest BCUT2D eigenvalue weighted by Gasteiger charge is 2.21. The minimum absolute atomic E-state index is 0.0270. The summed E-state index contributed by atoms with van der Waals surface area (Å²) in [6, 6.07) is -1.75. The predicted molar refractivity (Wildman–Crippen MR) is 230 cm³/mol. The molecule has 19 heteroatoms. The van der Waals surface area contributed by atoms with Gasteiger partial charge in [-0.05, 0) is 38.5 Å². The van der Waals surface area contributed by atoms with Crippen LogP contribution in [0.25, 0.3) is 0 Å². The number of aliphatic carboxylic acids is 2. The average molecular weight is 890 g/mol. The van der Waals surface area contributed by atoms with Gasteiger partial charge in [-0.15, -0.1) is 0 Å². The number of amides is 4. The van der Waals surface area contributed by atoms with Crippen molar-refractivity contribution in [3.05, 3.63) is 0 Å². The molecule has 0 spiro atoms. The Morgan fingerprint density at radius 1 is 0.452 bits per heavy atom. The monoisotopic (exact) mass is 890 g/mol. The lowest BCUT2D eigenvalue weighted by Gasteiger charge is -2.14. The van der Waals surface area contributed by atoms with Gasteiger partial charge in [0.2, 0.25) is 23.6 Å². The molecule has 2 unspecified atom stereocenters. The molecular formula is C43H79N5O14. The second-order valence-electron chi connectivity index (χ2n) is 15.3. The third-order valence-electron chi connectivity index (χ3n) is 9.78. The molecule has 2 atom stereocenters. The molecule has 0 aromatic rings. The smallest absolute Gasteiger partial charge is 0.326 e. The minimum Gasteiger partial charge on any atom is -0.481 e. The van der Waals surface area contributed by atoms with E-state index >= 15 is 0 Å². The molecule has 8 N–H and O–H groups in total. The van der Waals surface area contributed by atoms with Crippen molar-refractivity contribution in [2.24, 2.45) is 0 Å². The Morgan fingerprint density at radius 2 is 0.887 bits per heavy atom. The number of carbonyl (C=O) groups is 7. The van der Waals surface area contributed by atoms with E-state index in [0.717, 1.165) is 38.5 Å². The quantitative estimate of drug-likeness (QED) is 0.0246. The summed E-state index contributed by atoms with van der Waals surface area (Å²) in [5.41, 5.74) is 1.90. The van der Waals surface area contributed by atoms with Gasteiger partial charge in [-0.2, -0.15) is 5.48 Å². The number of unbranched alkanes of at least 4 members (excludes halogenated alkanes) is 16. The SMILES string of the molecule is O=CC(CCCCNC(=O)COCCOCCNC(=O)COCCOCCNC(=O)CCC(NC(=O)CCCCCCCCCCCCCCCCCCC(=O)O)C(=O)O)NO. The lowest BCUT2D eigenvalue weighted by Crippen LogP contribution is -2.41. The molecule has 0 radical (unpaired) electrons. The Morgan fingerprint density at radius 3 is 1.34 bits per heavy atom. The highest BCUT2D eigenvalue weighted by atomic mass is 16.5. The van der Waals surface area contributed by atoms with Crippen LogP contribution in [0.4, 0.5) is 0 Å². The van der Waals surface area contributed by atoms with Crippen molar-refractivity contribution in [1.29, 1.82) is 0 Å². The molecule has 0 aliphatic rings. The van der Waals surface area contributed by atoms with E-state index in [1.54, 1.807) is 0 Å². The molecule has 19 nitrogen and oxygen atoms in total. The van der Waals surface area contributed by atoms with E-state index in [4.69, 9.17) is 29.3 Å². The zero-order valence-corrected chi connectivity index (χ0v) is 37.1. The predicted octanol–water partition coefficient (Wildman–Crippen LogP) is 3.57. The van der Waals surface area contributed by atoms with Crippen molar-refractivity contribution in [2.45, 2.75) is 160 Å². The maximum absolute atomic E-state index is 12.3. The average Bonchev–Trinajstić information content (AvgIpc) is 3.24. The zero-order valence-electron chi connectivity index (χ0n) is 37.1. The lowest BCUT2D eigenvalue weighted by atomic mass is 10.0. The summed E-state index contributed by atoms with van der Waals surface area (Å²) in [6.45, 7) is 1.88. The molecule has 0 rings (SSSR count). The van der Waals surface area contributed by atoms with Gasteiger partial charge < -0.3 is 60.4 Å². The van der Waals surface area contributed by atoms with E-state index < -0.39 is 24.0 Å². The van der Waals surface area contributed by atoms with Gasteiger partial charge in [0.05, 0.1) is 45.7 Å². The van der Waals surface area contributed by atoms with E-state index in [0.29, 0.717) is 38.5 Å². The first-order valence-electron chi connectivity index (χ1n) is 22.8. The van der Waals surface area contributed by atoms with Crippen LogP contribution in [0.2, 0.25) is 0 Å². The summed E-state index contributed by atoms with van der Waals surface area (Å²) in [6.07, 6.45) is 20.7. The van der Waals surface area contributed by atoms with E-state index in [1.807, 2.05) is 5.48 Å². The molecule has 0 aliphatic heterocycles. The molecule has 360 valence electrons. The van der Waals surface area contributed by atoms with Gasteiger partial charge in [0.15, 0.2) is 0 Å². The van der Waals surface area contributed by atoms with Gasteiger partial charge in [0, 0.05) is 38.9 Å². The number of rotatable bonds is 47. The van der Waals surface area contributed by atoms with Crippen LogP contribution in [0.5, 0.6) is 0 Å². The molecule has 0 fully saturated rings. The van der Waals surface area contributed by atoms with Crippen molar-refractivity contribution in [3.63, 3.8) is 0 Å². The Balaban J connectivity index is 3.63. The molecule has 0 aliphatic carbocycles. The third-order valence-corrected chi connectivity index (χ3v) is 9.78. The second-order valence-corrected chi connectivity index (χ2v) is 15.3. The lowest BCUT2D eigenvalue weighted by molar-refractivity contribution is -0.142. The van der Waals surface area contributed by atoms with Crippen LogP contribution >= 0.6 is 0 Å². The molecule has 0 aromatic heterocycles. The van der Waals surface area contributed by atoms with Crippen molar-refractivity contribution in [1.82, 2.24) is 26.7 Å². The molecule has 0 bridgehead atoms. The second kappa shape index (κ2) is 43.9. The first-order chi connectivity index (χ1) is 30.1. The van der Waals surface area contributed by atoms with Gasteiger partial charge in [-0.3, -0.25) is 24.0 Å². The standard InChI is InChI=1S/C43H79N5O14/c49-33-36(48-58)19-17-18-24-44-40(52)34-61-31-30-60-28-26-46-41(53)35-62-32-29-59-27-25-45-38(50)23-22-37(43(56)57)47-39(51)20-15-13-11-9-7-5-3-1-2-4-6-8-10-12-14-16-21-42(54)55/h33,36-37,48,58H,1-32,34-35H2,(H,44,52)(H,45,50)(H,46,53)(H,47,51)(H,54,55)(H,56,57). The number of hydrogen-bond acceptors (Lipinski definition) is 13. The summed E-state index contributed by atoms with van der Waals surface area (Å²) in [5.74, 6) is -3.17. The summed E-state index contributed by atoms with van der Waals surface area (Å²) < 4.78 is 21.3. The Bertz CT molecular complexity index is 1180. The number of carboxylic acids is 2. The van der Waals surface area contributed by atoms with Crippen LogP contribution in [0, 0.1) is 0 Å². The van der Waals surface area contributed by atoms with Gasteiger partial charge >= 0.3 is 11.9 Å². The van der Waals surface area contributed by atoms with E-state index in [-0.39, 0.29) is 115 Å². The summed E-state index contributed by atoms with van der Waals surface area (Å²) in [4.78, 5) is 80.9. The van der Waals surface area contributed by atoms with Crippen LogP contribution in [0.3, 0.4) is 0 Å². The van der Waals surface area contributed by atoms with Gasteiger partial charge in [0.1, 0.15) is 25.5 Å². The number of aldehydes is 1. The first-order valence-corrected chi connectivity index (χ1v) is 22.8. The molecule has 0 saturated heterocycles. The highest BCUT2D eigenvalue weighted by Crippen LogP contribution is 2.14. The van der Waals surface area contributed by atoms with Gasteiger partial charge in [-0.1, -0.05) is 89.9 Å². The maximum Gasteiger partial charge on any atom is 0.326 e. The molecule has 0 saturated carbocycles. The van der Waals surface area contributed by atoms with Crippen LogP contribution in [0.15, 0.2) is 0 Å². The maximum atomic E-state index is 12.3. The Kier molecular flexibility index (Phi) is 41.2. The van der Waals surface area contributed by atoms with Crippen LogP contribution in [-0.2, 0) is 52.5 Å². The fraction of sp³-hybridized carbons (Fsp3) is 0.837. The molecular weight excluding hydrogens is 810 g/mol. The number of carbonyl (C=O) groups excluding carboxylic acids is 5. The number of nitrogens with one attached hydrogen (secondary N) is 5. The topological polar surface area (TPSA) is 277 Å². The van der Waals surface area contributed by atoms with Gasteiger partial charge in [0.25, 0.3) is 0 Å². The first kappa shape index (κ1) is 58.2. The van der Waals surface area contributed by atoms with Crippen LogP contribution in [-0.4, -0.2) is 142 Å². The number of hydroxylamine groups is 1. The zero-order chi connectivity index (χ0) is 45.7. The Hall–Kier alpha value is -3.75. The molecule has 62 heavy (non-hydrogen) atoms. The van der Waals surface area contributed by atoms with Crippen molar-refractivity contribution >= 4 is 41.9 Å². The van der Waals surface area contributed by atoms with Crippen molar-refractivity contribution in [3.8, 4) is 0 Å². The molecule has 4 amide bonds. The highest BCUT2D eigenvalue weighted by molar-refractivity contribution is 5.84. The number of ether oxygens (including phenoxy) is 4. The van der Waals surface area contributed by atoms with E-state index in [1.165, 1.54) is 57.8 Å². The van der Waals surface area contributed by atoms with Crippen LogP contribution in [0.1, 0.15) is 148 Å². The summed E-state index contributed by atoms with van der Waals surface area (Å²) >= 11 is 0. The normalized spacial score (nSPS) is 12.0. The van der Waals surface area contributed by atoms with E-state index in [9.17, 15) is 38.7 Å².